The molecule has 0 atom stereocenters. The number of para-hydroxylation sites is 2. The van der Waals surface area contributed by atoms with Gasteiger partial charge in [0.1, 0.15) is 22.3 Å². The quantitative estimate of drug-likeness (QED) is 0.118. The van der Waals surface area contributed by atoms with Crippen molar-refractivity contribution in [1.29, 1.82) is 0 Å². The molecular formula is C108H66N6O2. The van der Waals surface area contributed by atoms with E-state index in [0.717, 1.165) is 172 Å². The number of nitrogens with zero attached hydrogens (tertiary/aromatic N) is 6. The third-order valence-electron chi connectivity index (χ3n) is 22.6. The Bertz CT molecular complexity index is 7720. The van der Waals surface area contributed by atoms with Crippen molar-refractivity contribution < 1.29 is 8.83 Å². The molecule has 540 valence electrons. The fourth-order valence-corrected chi connectivity index (χ4v) is 17.0. The van der Waals surface area contributed by atoms with Gasteiger partial charge in [-0.25, -0.2) is 29.9 Å². The molecule has 0 aliphatic carbocycles. The second kappa shape index (κ2) is 28.3. The fourth-order valence-electron chi connectivity index (χ4n) is 17.0. The molecule has 23 aromatic rings. The summed E-state index contributed by atoms with van der Waals surface area (Å²) >= 11 is 0. The Labute approximate surface area is 667 Å². The summed E-state index contributed by atoms with van der Waals surface area (Å²) < 4.78 is 13.7. The Morgan fingerprint density at radius 3 is 0.879 bits per heavy atom. The average molecular weight is 1480 g/mol. The lowest BCUT2D eigenvalue weighted by Crippen LogP contribution is -1.96. The molecule has 0 unspecified atom stereocenters. The highest BCUT2D eigenvalue weighted by Crippen LogP contribution is 2.48. The van der Waals surface area contributed by atoms with Gasteiger partial charge in [0.25, 0.3) is 0 Å². The van der Waals surface area contributed by atoms with E-state index in [9.17, 15) is 0 Å². The van der Waals surface area contributed by atoms with Crippen LogP contribution < -0.4 is 0 Å². The van der Waals surface area contributed by atoms with Gasteiger partial charge in [-0.1, -0.05) is 352 Å². The number of fused-ring (bicyclic) bond motifs is 16. The molecule has 0 aliphatic rings. The van der Waals surface area contributed by atoms with E-state index in [1.165, 1.54) is 48.7 Å². The van der Waals surface area contributed by atoms with E-state index in [2.05, 4.69) is 315 Å². The standard InChI is InChI=1S/C57H35N3O.C51H31N3O/c1-3-14-36(15-4-1)37-26-28-39(29-27-37)51-35-50(38-16-5-2-6-17-38)59-57(60-51)41-32-30-40(31-33-41)55-54-47-22-11-12-25-52(47)61-56(54)53-46(23-13-24-49(53)58-55)48-34-42-18-7-8-19-43(42)44-20-9-10-21-45(44)48;1-3-14-32(15-4-1)44-31-45(54-51(53-44)35-16-5-2-6-17-35)33-26-28-34(29-27-33)49-48-41-22-11-12-25-46(41)55-50(48)47-40(23-13-24-43(47)52-49)42-30-36-18-7-8-19-37(36)38-20-9-10-21-39(38)42/h1-35H;1-31H. The molecule has 17 aromatic carbocycles. The van der Waals surface area contributed by atoms with Crippen LogP contribution in [0.1, 0.15) is 0 Å². The molecule has 116 heavy (non-hydrogen) atoms. The number of rotatable bonds is 11. The highest BCUT2D eigenvalue weighted by Gasteiger charge is 2.25. The second-order valence-electron chi connectivity index (χ2n) is 29.4. The summed E-state index contributed by atoms with van der Waals surface area (Å²) in [5, 5.41) is 15.8. The van der Waals surface area contributed by atoms with Gasteiger partial charge in [-0.15, -0.1) is 0 Å². The summed E-state index contributed by atoms with van der Waals surface area (Å²) in [6.07, 6.45) is 0. The zero-order valence-electron chi connectivity index (χ0n) is 62.6. The number of pyridine rings is 2. The number of benzene rings is 17. The molecule has 23 rings (SSSR count). The van der Waals surface area contributed by atoms with E-state index in [0.29, 0.717) is 11.6 Å². The van der Waals surface area contributed by atoms with E-state index in [4.69, 9.17) is 38.7 Å². The Morgan fingerprint density at radius 1 is 0.172 bits per heavy atom. The van der Waals surface area contributed by atoms with Gasteiger partial charge in [0.15, 0.2) is 11.6 Å². The first-order valence-corrected chi connectivity index (χ1v) is 39.1. The van der Waals surface area contributed by atoms with Crippen LogP contribution in [-0.4, -0.2) is 29.9 Å². The summed E-state index contributed by atoms with van der Waals surface area (Å²) in [5.74, 6) is 1.35. The number of furan rings is 2. The van der Waals surface area contributed by atoms with Crippen LogP contribution in [0.2, 0.25) is 0 Å². The molecule has 0 aliphatic heterocycles. The Hall–Kier alpha value is -15.6. The lowest BCUT2D eigenvalue weighted by molar-refractivity contribution is 0.672. The first-order chi connectivity index (χ1) is 57.5. The third kappa shape index (κ3) is 11.9. The van der Waals surface area contributed by atoms with Gasteiger partial charge in [0.2, 0.25) is 0 Å². The molecule has 0 saturated carbocycles. The van der Waals surface area contributed by atoms with Gasteiger partial charge >= 0.3 is 0 Å². The van der Waals surface area contributed by atoms with Crippen LogP contribution in [0.15, 0.2) is 409 Å². The maximum absolute atomic E-state index is 6.87. The first kappa shape index (κ1) is 67.3. The highest BCUT2D eigenvalue weighted by molar-refractivity contribution is 6.27. The molecule has 0 spiro atoms. The molecule has 8 heteroatoms. The van der Waals surface area contributed by atoms with Crippen molar-refractivity contribution in [3.05, 3.63) is 400 Å². The van der Waals surface area contributed by atoms with Crippen LogP contribution in [0.4, 0.5) is 0 Å². The zero-order chi connectivity index (χ0) is 76.6. The van der Waals surface area contributed by atoms with Crippen molar-refractivity contribution in [2.45, 2.75) is 0 Å². The molecular weight excluding hydrogens is 1410 g/mol. The van der Waals surface area contributed by atoms with E-state index < -0.39 is 0 Å². The van der Waals surface area contributed by atoms with Crippen molar-refractivity contribution in [1.82, 2.24) is 29.9 Å². The Morgan fingerprint density at radius 2 is 0.466 bits per heavy atom. The van der Waals surface area contributed by atoms with Crippen molar-refractivity contribution in [3.8, 4) is 124 Å². The largest absolute Gasteiger partial charge is 0.455 e. The van der Waals surface area contributed by atoms with E-state index >= 15 is 0 Å². The second-order valence-corrected chi connectivity index (χ2v) is 29.4. The van der Waals surface area contributed by atoms with E-state index in [-0.39, 0.29) is 0 Å². The predicted molar refractivity (Wildman–Crippen MR) is 479 cm³/mol. The van der Waals surface area contributed by atoms with Crippen molar-refractivity contribution in [2.75, 3.05) is 0 Å². The minimum atomic E-state index is 0.660. The SMILES string of the molecule is c1ccc(-c2cc(-c3ccc(-c4nc5cccc(-c6cc7ccccc7c7ccccc67)c5c5oc6ccccc6c45)cc3)nc(-c3ccccc3)n2)cc1.c1ccc(-c2ccc(-c3cc(-c4ccccc4)nc(-c4ccc(-c5nc6cccc(-c7cc8ccccc8c8ccccc78)c6c6oc7ccccc7c56)cc4)n3)cc2)cc1. The molecule has 0 bridgehead atoms. The van der Waals surface area contributed by atoms with Crippen LogP contribution in [0.3, 0.4) is 0 Å². The van der Waals surface area contributed by atoms with Gasteiger partial charge in [0.05, 0.1) is 66.7 Å². The smallest absolute Gasteiger partial charge is 0.160 e. The molecule has 0 fully saturated rings. The fraction of sp³-hybridized carbons (Fsp3) is 0. The van der Waals surface area contributed by atoms with Crippen LogP contribution in [-0.2, 0) is 0 Å². The molecule has 0 N–H and O–H groups in total. The molecule has 6 heterocycles. The zero-order valence-corrected chi connectivity index (χ0v) is 62.6. The first-order valence-electron chi connectivity index (χ1n) is 39.1. The van der Waals surface area contributed by atoms with E-state index in [1.54, 1.807) is 0 Å². The van der Waals surface area contributed by atoms with Crippen LogP contribution in [0.25, 0.3) is 232 Å². The highest BCUT2D eigenvalue weighted by atomic mass is 16.3. The lowest BCUT2D eigenvalue weighted by Gasteiger charge is -2.14. The minimum absolute atomic E-state index is 0.660. The maximum atomic E-state index is 6.87. The summed E-state index contributed by atoms with van der Waals surface area (Å²) in [4.78, 5) is 31.3. The summed E-state index contributed by atoms with van der Waals surface area (Å²) in [6.45, 7) is 0. The number of hydrogen-bond acceptors (Lipinski definition) is 8. The van der Waals surface area contributed by atoms with Gasteiger partial charge in [0, 0.05) is 55.3 Å². The van der Waals surface area contributed by atoms with Gasteiger partial charge in [-0.2, -0.15) is 0 Å². The Balaban J connectivity index is 0.000000141. The summed E-state index contributed by atoms with van der Waals surface area (Å²) in [6, 6.07) is 140. The van der Waals surface area contributed by atoms with E-state index in [1.807, 2.05) is 84.9 Å². The van der Waals surface area contributed by atoms with Crippen molar-refractivity contribution in [3.63, 3.8) is 0 Å². The van der Waals surface area contributed by atoms with Crippen LogP contribution in [0, 0.1) is 0 Å². The van der Waals surface area contributed by atoms with Gasteiger partial charge in [-0.3, -0.25) is 0 Å². The minimum Gasteiger partial charge on any atom is -0.455 e. The predicted octanol–water partition coefficient (Wildman–Crippen LogP) is 28.8. The molecule has 0 radical (unpaired) electrons. The molecule has 8 nitrogen and oxygen atoms in total. The molecule has 0 amide bonds. The van der Waals surface area contributed by atoms with Crippen molar-refractivity contribution in [2.24, 2.45) is 0 Å². The van der Waals surface area contributed by atoms with Crippen LogP contribution in [0.5, 0.6) is 0 Å². The molecule has 6 aromatic heterocycles. The monoisotopic (exact) mass is 1480 g/mol. The molecule has 0 saturated heterocycles. The average Bonchev–Trinajstić information content (AvgIpc) is 1.65. The summed E-state index contributed by atoms with van der Waals surface area (Å²) in [7, 11) is 0. The number of hydrogen-bond donors (Lipinski definition) is 0. The summed E-state index contributed by atoms with van der Waals surface area (Å²) in [5.41, 5.74) is 25.2. The lowest BCUT2D eigenvalue weighted by atomic mass is 9.90. The van der Waals surface area contributed by atoms with Crippen LogP contribution >= 0.6 is 0 Å². The third-order valence-corrected chi connectivity index (χ3v) is 22.6. The van der Waals surface area contributed by atoms with Gasteiger partial charge < -0.3 is 8.83 Å². The normalized spacial score (nSPS) is 11.6. The Kier molecular flexibility index (Phi) is 16.4. The number of aromatic nitrogens is 6. The maximum Gasteiger partial charge on any atom is 0.160 e. The van der Waals surface area contributed by atoms with Gasteiger partial charge in [-0.05, 0) is 125 Å². The topological polar surface area (TPSA) is 104 Å². The van der Waals surface area contributed by atoms with Crippen molar-refractivity contribution >= 4 is 109 Å².